The maximum absolute atomic E-state index is 12.4. The molecule has 0 aliphatic carbocycles. The highest BCUT2D eigenvalue weighted by atomic mass is 19.1. The second kappa shape index (κ2) is 3.39. The molecule has 60 valence electrons. The molecule has 0 radical (unpaired) electrons. The molecule has 0 aromatic carbocycles. The lowest BCUT2D eigenvalue weighted by Crippen LogP contribution is -2.02. The van der Waals surface area contributed by atoms with E-state index in [0.29, 0.717) is 0 Å². The molecule has 0 aliphatic rings. The third-order valence-electron chi connectivity index (χ3n) is 1.23. The topological polar surface area (TPSA) is 33.1 Å². The van der Waals surface area contributed by atoms with Gasteiger partial charge in [-0.15, -0.1) is 0 Å². The molecule has 1 heterocycles. The summed E-state index contributed by atoms with van der Waals surface area (Å²) in [6.07, 6.45) is -0.130. The fraction of sp³-hybridized carbons (Fsp3) is 0.286. The number of aromatic nitrogens is 1. The molecule has 1 aromatic rings. The van der Waals surface area contributed by atoms with Gasteiger partial charge in [-0.25, -0.2) is 8.78 Å². The number of hydrogen-bond donors (Lipinski definition) is 1. The fourth-order valence-electron chi connectivity index (χ4n) is 0.682. The minimum absolute atomic E-state index is 0.0208. The predicted octanol–water partition coefficient (Wildman–Crippen LogP) is 1.22. The first kappa shape index (κ1) is 8.07. The fourth-order valence-corrected chi connectivity index (χ4v) is 0.682. The summed E-state index contributed by atoms with van der Waals surface area (Å²) in [6, 6.07) is 2.14. The van der Waals surface area contributed by atoms with Gasteiger partial charge in [-0.2, -0.15) is 0 Å². The quantitative estimate of drug-likeness (QED) is 0.703. The summed E-state index contributed by atoms with van der Waals surface area (Å²) in [5, 5.41) is 8.85. The van der Waals surface area contributed by atoms with Gasteiger partial charge in [-0.3, -0.25) is 4.98 Å². The first-order valence-electron chi connectivity index (χ1n) is 3.09. The van der Waals surface area contributed by atoms with Crippen LogP contribution in [0.2, 0.25) is 0 Å². The van der Waals surface area contributed by atoms with Crippen molar-refractivity contribution < 1.29 is 13.9 Å². The molecule has 1 rings (SSSR count). The average molecular weight is 159 g/mol. The van der Waals surface area contributed by atoms with Crippen LogP contribution in [0.5, 0.6) is 0 Å². The molecule has 0 amide bonds. The van der Waals surface area contributed by atoms with Crippen LogP contribution in [0.1, 0.15) is 11.8 Å². The molecular weight excluding hydrogens is 152 g/mol. The van der Waals surface area contributed by atoms with Crippen molar-refractivity contribution in [2.24, 2.45) is 0 Å². The minimum atomic E-state index is -1.31. The first-order chi connectivity index (χ1) is 5.24. The van der Waals surface area contributed by atoms with Crippen molar-refractivity contribution in [3.05, 3.63) is 29.8 Å². The third-order valence-corrected chi connectivity index (χ3v) is 1.23. The number of alkyl halides is 1. The standard InChI is InChI=1S/C7H7F2NO/c8-4-7(11)6-3-5(9)1-2-10-6/h1-3,7,11H,4H2. The Labute approximate surface area is 62.5 Å². The third kappa shape index (κ3) is 1.94. The van der Waals surface area contributed by atoms with Crippen molar-refractivity contribution in [1.82, 2.24) is 4.98 Å². The van der Waals surface area contributed by atoms with Gasteiger partial charge in [-0.1, -0.05) is 0 Å². The normalized spacial score (nSPS) is 13.0. The van der Waals surface area contributed by atoms with E-state index in [-0.39, 0.29) is 5.69 Å². The maximum atomic E-state index is 12.4. The van der Waals surface area contributed by atoms with Crippen LogP contribution in [-0.2, 0) is 0 Å². The molecule has 0 spiro atoms. The number of hydrogen-bond acceptors (Lipinski definition) is 2. The van der Waals surface area contributed by atoms with Crippen molar-refractivity contribution in [2.75, 3.05) is 6.67 Å². The maximum Gasteiger partial charge on any atom is 0.126 e. The highest BCUT2D eigenvalue weighted by molar-refractivity contribution is 5.08. The van der Waals surface area contributed by atoms with Gasteiger partial charge in [0.25, 0.3) is 0 Å². The Morgan fingerprint density at radius 3 is 2.91 bits per heavy atom. The van der Waals surface area contributed by atoms with Gasteiger partial charge in [0.1, 0.15) is 18.6 Å². The zero-order valence-electron chi connectivity index (χ0n) is 5.67. The smallest absolute Gasteiger partial charge is 0.126 e. The number of aliphatic hydroxyl groups excluding tert-OH is 1. The van der Waals surface area contributed by atoms with E-state index in [4.69, 9.17) is 5.11 Å². The van der Waals surface area contributed by atoms with Crippen molar-refractivity contribution >= 4 is 0 Å². The van der Waals surface area contributed by atoms with Gasteiger partial charge in [0.2, 0.25) is 0 Å². The molecule has 0 saturated heterocycles. The van der Waals surface area contributed by atoms with Crippen LogP contribution in [0, 0.1) is 5.82 Å². The number of nitrogens with zero attached hydrogens (tertiary/aromatic N) is 1. The van der Waals surface area contributed by atoms with E-state index in [0.717, 1.165) is 12.1 Å². The number of halogens is 2. The summed E-state index contributed by atoms with van der Waals surface area (Å²) >= 11 is 0. The first-order valence-corrected chi connectivity index (χ1v) is 3.09. The average Bonchev–Trinajstić information content (AvgIpc) is 2.03. The Balaban J connectivity index is 2.86. The molecule has 0 bridgehead atoms. The van der Waals surface area contributed by atoms with Gasteiger partial charge in [-0.05, 0) is 12.1 Å². The van der Waals surface area contributed by atoms with Crippen LogP contribution in [0.3, 0.4) is 0 Å². The van der Waals surface area contributed by atoms with Crippen molar-refractivity contribution in [2.45, 2.75) is 6.10 Å². The molecule has 1 unspecified atom stereocenters. The SMILES string of the molecule is OC(CF)c1cc(F)ccn1. The zero-order valence-corrected chi connectivity index (χ0v) is 5.67. The van der Waals surface area contributed by atoms with Gasteiger partial charge < -0.3 is 5.11 Å². The molecule has 0 aliphatic heterocycles. The molecule has 1 atom stereocenters. The van der Waals surface area contributed by atoms with Crippen LogP contribution in [0.4, 0.5) is 8.78 Å². The lowest BCUT2D eigenvalue weighted by Gasteiger charge is -2.03. The van der Waals surface area contributed by atoms with Gasteiger partial charge in [0.15, 0.2) is 0 Å². The van der Waals surface area contributed by atoms with E-state index in [1.165, 1.54) is 6.20 Å². The van der Waals surface area contributed by atoms with Crippen LogP contribution in [-0.4, -0.2) is 16.8 Å². The minimum Gasteiger partial charge on any atom is -0.384 e. The van der Waals surface area contributed by atoms with E-state index < -0.39 is 18.6 Å². The van der Waals surface area contributed by atoms with Crippen molar-refractivity contribution in [3.8, 4) is 0 Å². The Morgan fingerprint density at radius 2 is 2.36 bits per heavy atom. The number of pyridine rings is 1. The molecule has 0 fully saturated rings. The lowest BCUT2D eigenvalue weighted by molar-refractivity contribution is 0.137. The van der Waals surface area contributed by atoms with Crippen LogP contribution in [0.25, 0.3) is 0 Å². The Morgan fingerprint density at radius 1 is 1.64 bits per heavy atom. The van der Waals surface area contributed by atoms with E-state index in [1.54, 1.807) is 0 Å². The van der Waals surface area contributed by atoms with Crippen LogP contribution >= 0.6 is 0 Å². The monoisotopic (exact) mass is 159 g/mol. The van der Waals surface area contributed by atoms with Gasteiger partial charge in [0.05, 0.1) is 5.69 Å². The van der Waals surface area contributed by atoms with Crippen LogP contribution < -0.4 is 0 Å². The Hall–Kier alpha value is -1.03. The summed E-state index contributed by atoms with van der Waals surface area (Å²) < 4.78 is 24.2. The number of rotatable bonds is 2. The number of aliphatic hydroxyl groups is 1. The second-order valence-corrected chi connectivity index (χ2v) is 2.07. The molecule has 1 N–H and O–H groups in total. The molecule has 0 saturated carbocycles. The summed E-state index contributed by atoms with van der Waals surface area (Å²) in [5.74, 6) is -0.525. The molecule has 11 heavy (non-hydrogen) atoms. The van der Waals surface area contributed by atoms with Gasteiger partial charge in [0, 0.05) is 6.20 Å². The van der Waals surface area contributed by atoms with E-state index in [9.17, 15) is 8.78 Å². The second-order valence-electron chi connectivity index (χ2n) is 2.07. The van der Waals surface area contributed by atoms with Crippen molar-refractivity contribution in [3.63, 3.8) is 0 Å². The van der Waals surface area contributed by atoms with E-state index >= 15 is 0 Å². The Bertz CT molecular complexity index is 242. The van der Waals surface area contributed by atoms with Crippen molar-refractivity contribution in [1.29, 1.82) is 0 Å². The largest absolute Gasteiger partial charge is 0.384 e. The zero-order chi connectivity index (χ0) is 8.27. The Kier molecular flexibility index (Phi) is 2.48. The lowest BCUT2D eigenvalue weighted by atomic mass is 10.2. The molecule has 1 aromatic heterocycles. The summed E-state index contributed by atoms with van der Waals surface area (Å²) in [4.78, 5) is 3.58. The molecule has 2 nitrogen and oxygen atoms in total. The van der Waals surface area contributed by atoms with Gasteiger partial charge >= 0.3 is 0 Å². The molecular formula is C7H7F2NO. The van der Waals surface area contributed by atoms with Crippen LogP contribution in [0.15, 0.2) is 18.3 Å². The summed E-state index contributed by atoms with van der Waals surface area (Å²) in [5.41, 5.74) is 0.0208. The molecule has 4 heteroatoms. The summed E-state index contributed by atoms with van der Waals surface area (Å²) in [7, 11) is 0. The highest BCUT2D eigenvalue weighted by Gasteiger charge is 2.07. The predicted molar refractivity (Wildman–Crippen MR) is 35.1 cm³/mol. The highest BCUT2D eigenvalue weighted by Crippen LogP contribution is 2.10. The van der Waals surface area contributed by atoms with E-state index in [1.807, 2.05) is 0 Å². The van der Waals surface area contributed by atoms with E-state index in [2.05, 4.69) is 4.98 Å². The summed E-state index contributed by atoms with van der Waals surface area (Å²) in [6.45, 7) is -0.948.